The summed E-state index contributed by atoms with van der Waals surface area (Å²) in [6.45, 7) is 6.07. The van der Waals surface area contributed by atoms with E-state index in [9.17, 15) is 4.79 Å². The highest BCUT2D eigenvalue weighted by Crippen LogP contribution is 2.27. The molecule has 0 spiro atoms. The van der Waals surface area contributed by atoms with Crippen molar-refractivity contribution in [3.8, 4) is 6.07 Å². The van der Waals surface area contributed by atoms with Crippen molar-refractivity contribution >= 4 is 38.5 Å². The van der Waals surface area contributed by atoms with Crippen molar-refractivity contribution in [3.05, 3.63) is 29.8 Å². The van der Waals surface area contributed by atoms with Gasteiger partial charge in [0.1, 0.15) is 6.07 Å². The minimum atomic E-state index is -0.475. The molecule has 1 aromatic rings. The zero-order chi connectivity index (χ0) is 15.9. The number of para-hydroxylation sites is 1. The quantitative estimate of drug-likeness (QED) is 0.299. The summed E-state index contributed by atoms with van der Waals surface area (Å²) in [5, 5.41) is 9.40. The Morgan fingerprint density at radius 3 is 2.62 bits per heavy atom. The number of benzene rings is 1. The Hall–Kier alpha value is -1.49. The Kier molecular flexibility index (Phi) is 6.75. The zero-order valence-electron chi connectivity index (χ0n) is 12.3. The van der Waals surface area contributed by atoms with E-state index in [2.05, 4.69) is 9.71 Å². The van der Waals surface area contributed by atoms with Gasteiger partial charge in [0.2, 0.25) is 0 Å². The van der Waals surface area contributed by atoms with Crippen LogP contribution in [0.15, 0.2) is 29.3 Å². The van der Waals surface area contributed by atoms with Crippen LogP contribution in [0.1, 0.15) is 31.1 Å². The number of hydrogen-bond donors (Lipinski definition) is 1. The van der Waals surface area contributed by atoms with Crippen LogP contribution in [0.3, 0.4) is 0 Å². The summed E-state index contributed by atoms with van der Waals surface area (Å²) in [5.41, 5.74) is 0.689. The van der Waals surface area contributed by atoms with Gasteiger partial charge in [-0.3, -0.25) is 0 Å². The van der Waals surface area contributed by atoms with E-state index in [0.29, 0.717) is 11.3 Å². The Labute approximate surface area is 132 Å². The van der Waals surface area contributed by atoms with Gasteiger partial charge in [-0.1, -0.05) is 12.1 Å². The zero-order valence-corrected chi connectivity index (χ0v) is 14.0. The minimum Gasteiger partial charge on any atom is -0.465 e. The van der Waals surface area contributed by atoms with E-state index >= 15 is 0 Å². The molecule has 0 aliphatic heterocycles. The third-order valence-electron chi connectivity index (χ3n) is 2.10. The number of hydrogen-bond acceptors (Lipinski definition) is 7. The van der Waals surface area contributed by atoms with Crippen LogP contribution in [-0.4, -0.2) is 23.7 Å². The van der Waals surface area contributed by atoms with Crippen LogP contribution in [0.5, 0.6) is 0 Å². The first kappa shape index (κ1) is 17.6. The van der Waals surface area contributed by atoms with Crippen LogP contribution in [0, 0.1) is 11.3 Å². The third-order valence-corrected chi connectivity index (χ3v) is 4.19. The summed E-state index contributed by atoms with van der Waals surface area (Å²) in [6, 6.07) is 8.79. The molecule has 0 radical (unpaired) electrons. The first-order valence-electron chi connectivity index (χ1n) is 6.14. The van der Waals surface area contributed by atoms with Crippen molar-refractivity contribution in [1.82, 2.24) is 4.72 Å². The van der Waals surface area contributed by atoms with Crippen molar-refractivity contribution in [3.63, 3.8) is 0 Å². The highest BCUT2D eigenvalue weighted by atomic mass is 33.1. The van der Waals surface area contributed by atoms with Crippen molar-refractivity contribution < 1.29 is 9.53 Å². The fraction of sp³-hybridized carbons (Fsp3) is 0.357. The van der Waals surface area contributed by atoms with Gasteiger partial charge in [0.25, 0.3) is 0 Å². The van der Waals surface area contributed by atoms with Crippen LogP contribution >= 0.6 is 21.8 Å². The molecule has 7 heteroatoms. The predicted octanol–water partition coefficient (Wildman–Crippen LogP) is 3.71. The summed E-state index contributed by atoms with van der Waals surface area (Å²) in [4.78, 5) is 15.9. The summed E-state index contributed by atoms with van der Waals surface area (Å²) in [6.07, 6.45) is 0. The predicted molar refractivity (Wildman–Crippen MR) is 88.6 cm³/mol. The Balaban J connectivity index is 2.89. The lowest BCUT2D eigenvalue weighted by atomic mass is 10.1. The molecular formula is C14H17N3O2S2. The molecule has 0 heterocycles. The molecule has 0 aliphatic carbocycles. The lowest BCUT2D eigenvalue weighted by Gasteiger charge is -2.18. The number of rotatable bonds is 4. The van der Waals surface area contributed by atoms with Crippen LogP contribution in [0.25, 0.3) is 0 Å². The van der Waals surface area contributed by atoms with Gasteiger partial charge in [-0.2, -0.15) is 5.26 Å². The average Bonchev–Trinajstić information content (AvgIpc) is 2.44. The van der Waals surface area contributed by atoms with Gasteiger partial charge in [-0.25, -0.2) is 14.5 Å². The summed E-state index contributed by atoms with van der Waals surface area (Å²) < 4.78 is 7.88. The molecule has 0 unspecified atom stereocenters. The Bertz CT molecular complexity index is 574. The smallest absolute Gasteiger partial charge is 0.340 e. The molecule has 1 N–H and O–H groups in total. The van der Waals surface area contributed by atoms with Crippen LogP contribution in [0.2, 0.25) is 0 Å². The molecule has 0 amide bonds. The molecular weight excluding hydrogens is 306 g/mol. The molecule has 1 aromatic carbocycles. The van der Waals surface area contributed by atoms with Gasteiger partial charge in [-0.15, -0.1) is 0 Å². The van der Waals surface area contributed by atoms with Crippen LogP contribution in [-0.2, 0) is 4.74 Å². The van der Waals surface area contributed by atoms with E-state index in [1.807, 2.05) is 26.8 Å². The van der Waals surface area contributed by atoms with Gasteiger partial charge >= 0.3 is 5.97 Å². The van der Waals surface area contributed by atoms with Crippen molar-refractivity contribution in [1.29, 1.82) is 5.26 Å². The normalized spacial score (nSPS) is 11.9. The molecule has 5 nitrogen and oxygen atoms in total. The van der Waals surface area contributed by atoms with Crippen molar-refractivity contribution in [2.24, 2.45) is 4.99 Å². The van der Waals surface area contributed by atoms with Gasteiger partial charge in [0.05, 0.1) is 18.4 Å². The maximum absolute atomic E-state index is 11.7. The fourth-order valence-electron chi connectivity index (χ4n) is 1.21. The third kappa shape index (κ3) is 6.21. The van der Waals surface area contributed by atoms with E-state index < -0.39 is 5.97 Å². The molecule has 0 aromatic heterocycles. The Morgan fingerprint density at radius 2 is 2.05 bits per heavy atom. The average molecular weight is 323 g/mol. The van der Waals surface area contributed by atoms with Crippen molar-refractivity contribution in [2.75, 3.05) is 7.11 Å². The maximum Gasteiger partial charge on any atom is 0.340 e. The second-order valence-corrected chi connectivity index (χ2v) is 6.98. The molecule has 0 fully saturated rings. The minimum absolute atomic E-state index is 0.0673. The van der Waals surface area contributed by atoms with E-state index in [-0.39, 0.29) is 10.6 Å². The lowest BCUT2D eigenvalue weighted by Crippen LogP contribution is -2.29. The van der Waals surface area contributed by atoms with Gasteiger partial charge in [0.15, 0.2) is 5.04 Å². The first-order valence-corrected chi connectivity index (χ1v) is 8.29. The Morgan fingerprint density at radius 1 is 1.38 bits per heavy atom. The number of carbonyl (C=O) groups is 1. The number of nitrogens with zero attached hydrogens (tertiary/aromatic N) is 2. The van der Waals surface area contributed by atoms with Gasteiger partial charge in [0, 0.05) is 5.54 Å². The highest BCUT2D eigenvalue weighted by molar-refractivity contribution is 8.81. The maximum atomic E-state index is 11.7. The SMILES string of the molecule is COC(=O)c1ccccc1N=C(C#N)SSNC(C)(C)C. The molecule has 0 bridgehead atoms. The first-order chi connectivity index (χ1) is 9.87. The number of methoxy groups -OCH3 is 1. The number of nitrogens with one attached hydrogen (secondary N) is 1. The van der Waals surface area contributed by atoms with Gasteiger partial charge in [-0.05, 0) is 54.7 Å². The number of ether oxygens (including phenoxy) is 1. The van der Waals surface area contributed by atoms with E-state index in [0.717, 1.165) is 0 Å². The molecule has 0 saturated heterocycles. The summed E-state index contributed by atoms with van der Waals surface area (Å²) in [7, 11) is 3.85. The molecule has 1 rings (SSSR count). The molecule has 21 heavy (non-hydrogen) atoms. The van der Waals surface area contributed by atoms with E-state index in [1.54, 1.807) is 24.3 Å². The molecule has 0 saturated carbocycles. The lowest BCUT2D eigenvalue weighted by molar-refractivity contribution is 0.0601. The molecule has 0 aliphatic rings. The van der Waals surface area contributed by atoms with E-state index in [1.165, 1.54) is 28.9 Å². The second-order valence-electron chi connectivity index (χ2n) is 5.06. The summed E-state index contributed by atoms with van der Waals surface area (Å²) in [5.74, 6) is -0.475. The highest BCUT2D eigenvalue weighted by Gasteiger charge is 2.13. The summed E-state index contributed by atoms with van der Waals surface area (Å²) >= 11 is 0. The molecule has 112 valence electrons. The van der Waals surface area contributed by atoms with E-state index in [4.69, 9.17) is 10.00 Å². The number of nitriles is 1. The topological polar surface area (TPSA) is 74.5 Å². The molecule has 0 atom stereocenters. The standard InChI is InChI=1S/C14H17N3O2S2/c1-14(2,3)17-21-20-12(9-15)16-11-8-6-5-7-10(11)13(18)19-4/h5-8,17H,1-4H3. The monoisotopic (exact) mass is 323 g/mol. The number of carbonyl (C=O) groups excluding carboxylic acids is 1. The number of aliphatic imine (C=N–C) groups is 1. The number of esters is 1. The fourth-order valence-corrected chi connectivity index (χ4v) is 3.09. The van der Waals surface area contributed by atoms with Crippen LogP contribution < -0.4 is 4.72 Å². The van der Waals surface area contributed by atoms with Gasteiger partial charge < -0.3 is 4.74 Å². The van der Waals surface area contributed by atoms with Crippen molar-refractivity contribution in [2.45, 2.75) is 26.3 Å². The second kappa shape index (κ2) is 8.08. The largest absolute Gasteiger partial charge is 0.465 e. The van der Waals surface area contributed by atoms with Crippen LogP contribution in [0.4, 0.5) is 5.69 Å².